The summed E-state index contributed by atoms with van der Waals surface area (Å²) >= 11 is 5.89. The second kappa shape index (κ2) is 9.71. The number of hydrazine groups is 1. The summed E-state index contributed by atoms with van der Waals surface area (Å²) in [7, 11) is 0. The Balaban J connectivity index is 1.87. The lowest BCUT2D eigenvalue weighted by Gasteiger charge is -2.14. The molecule has 0 fully saturated rings. The van der Waals surface area contributed by atoms with Gasteiger partial charge in [0.2, 0.25) is 0 Å². The molecule has 0 radical (unpaired) electrons. The number of aromatic nitrogens is 3. The van der Waals surface area contributed by atoms with Gasteiger partial charge in [-0.2, -0.15) is 5.10 Å². The zero-order valence-electron chi connectivity index (χ0n) is 16.6. The van der Waals surface area contributed by atoms with Crippen LogP contribution in [0, 0.1) is 0 Å². The largest absolute Gasteiger partial charge is 0.403 e. The van der Waals surface area contributed by atoms with E-state index >= 15 is 0 Å². The van der Waals surface area contributed by atoms with Crippen molar-refractivity contribution in [3.63, 3.8) is 0 Å². The molecule has 3 rings (SSSR count). The first-order valence-electron chi connectivity index (χ1n) is 9.21. The van der Waals surface area contributed by atoms with Crippen molar-refractivity contribution in [3.8, 4) is 5.69 Å². The fourth-order valence-electron chi connectivity index (χ4n) is 2.88. The number of carbonyl (C=O) groups is 1. The number of benzene rings is 1. The van der Waals surface area contributed by atoms with Gasteiger partial charge in [-0.3, -0.25) is 14.8 Å². The van der Waals surface area contributed by atoms with E-state index in [1.165, 1.54) is 35.6 Å². The highest BCUT2D eigenvalue weighted by Crippen LogP contribution is 2.24. The highest BCUT2D eigenvalue weighted by molar-refractivity contribution is 6.31. The molecular formula is C23H21ClN6O. The van der Waals surface area contributed by atoms with E-state index < -0.39 is 0 Å². The minimum atomic E-state index is -0.334. The van der Waals surface area contributed by atoms with Crippen molar-refractivity contribution in [1.82, 2.24) is 19.8 Å². The van der Waals surface area contributed by atoms with Crippen LogP contribution in [-0.2, 0) is 4.79 Å². The number of hydrogen-bond donors (Lipinski definition) is 2. The molecule has 7 nitrogen and oxygen atoms in total. The van der Waals surface area contributed by atoms with Crippen molar-refractivity contribution in [2.75, 3.05) is 0 Å². The van der Waals surface area contributed by atoms with Crippen molar-refractivity contribution in [3.05, 3.63) is 109 Å². The number of nitrogens with zero attached hydrogens (tertiary/aromatic N) is 4. The molecule has 2 aromatic heterocycles. The summed E-state index contributed by atoms with van der Waals surface area (Å²) in [6.07, 6.45) is 10.2. The summed E-state index contributed by atoms with van der Waals surface area (Å²) in [6, 6.07) is 11.3. The number of halogens is 1. The average Bonchev–Trinajstić information content (AvgIpc) is 3.29. The fourth-order valence-corrected chi connectivity index (χ4v) is 2.99. The highest BCUT2D eigenvalue weighted by atomic mass is 35.5. The van der Waals surface area contributed by atoms with Crippen molar-refractivity contribution in [2.45, 2.75) is 0 Å². The zero-order chi connectivity index (χ0) is 22.4. The number of pyridine rings is 1. The minimum absolute atomic E-state index is 0.257. The highest BCUT2D eigenvalue weighted by Gasteiger charge is 2.15. The van der Waals surface area contributed by atoms with Crippen LogP contribution in [0.25, 0.3) is 22.2 Å². The number of rotatable bonds is 8. The molecule has 0 aliphatic heterocycles. The number of fused-ring (bicyclic) bond motifs is 1. The number of ketones is 1. The van der Waals surface area contributed by atoms with Gasteiger partial charge in [-0.25, -0.2) is 10.5 Å². The molecule has 0 saturated carbocycles. The Morgan fingerprint density at radius 1 is 1.19 bits per heavy atom. The van der Waals surface area contributed by atoms with Gasteiger partial charge in [0.15, 0.2) is 5.78 Å². The first kappa shape index (κ1) is 21.8. The van der Waals surface area contributed by atoms with Gasteiger partial charge in [-0.15, -0.1) is 0 Å². The summed E-state index contributed by atoms with van der Waals surface area (Å²) in [4.78, 5) is 17.1. The molecule has 0 aliphatic carbocycles. The Kier molecular flexibility index (Phi) is 6.81. The van der Waals surface area contributed by atoms with E-state index in [4.69, 9.17) is 23.2 Å². The predicted molar refractivity (Wildman–Crippen MR) is 124 cm³/mol. The maximum atomic E-state index is 12.8. The lowest BCUT2D eigenvalue weighted by Crippen LogP contribution is -2.23. The molecule has 0 aliphatic rings. The first-order valence-corrected chi connectivity index (χ1v) is 9.59. The second-order valence-corrected chi connectivity index (χ2v) is 6.80. The molecule has 0 atom stereocenters. The van der Waals surface area contributed by atoms with E-state index in [1.54, 1.807) is 23.1 Å². The van der Waals surface area contributed by atoms with E-state index in [2.05, 4.69) is 23.2 Å². The van der Waals surface area contributed by atoms with E-state index in [-0.39, 0.29) is 16.4 Å². The molecule has 4 N–H and O–H groups in total. The van der Waals surface area contributed by atoms with Crippen molar-refractivity contribution in [1.29, 1.82) is 0 Å². The molecule has 0 unspecified atom stereocenters. The summed E-state index contributed by atoms with van der Waals surface area (Å²) in [5.41, 5.74) is 8.25. The van der Waals surface area contributed by atoms with Crippen LogP contribution in [0.3, 0.4) is 0 Å². The van der Waals surface area contributed by atoms with Gasteiger partial charge in [0, 0.05) is 35.6 Å². The van der Waals surface area contributed by atoms with Crippen LogP contribution in [0.15, 0.2) is 103 Å². The standard InChI is InChI=1S/C23H21ClN6O/c1-3-18(14-17(24)15-25)29(26)13-10-23(31)16(2)21-9-12-28-30(21)22-8-11-27-20-7-5-4-6-19(20)22/h3-15H,1-2,25-26H2/b13-10-,17-15+,18-14+. The molecule has 0 saturated heterocycles. The van der Waals surface area contributed by atoms with Crippen LogP contribution in [-0.4, -0.2) is 25.6 Å². The fraction of sp³-hybridized carbons (Fsp3) is 0. The average molecular weight is 433 g/mol. The van der Waals surface area contributed by atoms with Crippen molar-refractivity contribution >= 4 is 33.9 Å². The molecule has 0 amide bonds. The van der Waals surface area contributed by atoms with Gasteiger partial charge in [0.05, 0.1) is 33.8 Å². The molecule has 1 aromatic carbocycles. The number of carbonyl (C=O) groups excluding carboxylic acids is 1. The number of para-hydroxylation sites is 1. The zero-order valence-corrected chi connectivity index (χ0v) is 17.4. The van der Waals surface area contributed by atoms with Crippen LogP contribution in [0.1, 0.15) is 5.69 Å². The van der Waals surface area contributed by atoms with Gasteiger partial charge >= 0.3 is 0 Å². The lowest BCUT2D eigenvalue weighted by atomic mass is 10.1. The van der Waals surface area contributed by atoms with Crippen LogP contribution in [0.5, 0.6) is 0 Å². The molecule has 0 spiro atoms. The van der Waals surface area contributed by atoms with E-state index in [9.17, 15) is 4.79 Å². The maximum absolute atomic E-state index is 12.8. The second-order valence-electron chi connectivity index (χ2n) is 6.37. The van der Waals surface area contributed by atoms with Crippen molar-refractivity contribution in [2.24, 2.45) is 11.6 Å². The smallest absolute Gasteiger partial charge is 0.188 e. The summed E-state index contributed by atoms with van der Waals surface area (Å²) in [6.45, 7) is 7.62. The minimum Gasteiger partial charge on any atom is -0.403 e. The summed E-state index contributed by atoms with van der Waals surface area (Å²) in [5, 5.41) is 6.77. The number of allylic oxidation sites excluding steroid dienone is 5. The van der Waals surface area contributed by atoms with Crippen LogP contribution in [0.2, 0.25) is 0 Å². The maximum Gasteiger partial charge on any atom is 0.188 e. The Labute approximate surface area is 184 Å². The van der Waals surface area contributed by atoms with Crippen molar-refractivity contribution < 1.29 is 4.79 Å². The molecule has 3 aromatic rings. The monoisotopic (exact) mass is 432 g/mol. The van der Waals surface area contributed by atoms with Gasteiger partial charge < -0.3 is 5.73 Å². The Morgan fingerprint density at radius 3 is 2.71 bits per heavy atom. The molecular weight excluding hydrogens is 412 g/mol. The quantitative estimate of drug-likeness (QED) is 0.243. The SMILES string of the molecule is C=C/C(=C\C(Cl)=C/N)N(N)/C=C\C(=O)C(=C)c1ccnn1-c1ccnc2ccccc12. The Morgan fingerprint density at radius 2 is 1.97 bits per heavy atom. The third kappa shape index (κ3) is 4.80. The third-order valence-corrected chi connectivity index (χ3v) is 4.68. The summed E-state index contributed by atoms with van der Waals surface area (Å²) in [5.74, 6) is 5.62. The molecule has 0 bridgehead atoms. The topological polar surface area (TPSA) is 103 Å². The third-order valence-electron chi connectivity index (χ3n) is 4.44. The number of nitrogens with two attached hydrogens (primary N) is 2. The Bertz CT molecular complexity index is 1230. The van der Waals surface area contributed by atoms with E-state index in [0.717, 1.165) is 16.6 Å². The molecule has 31 heavy (non-hydrogen) atoms. The normalized spacial score (nSPS) is 12.3. The van der Waals surface area contributed by atoms with E-state index in [0.29, 0.717) is 11.4 Å². The van der Waals surface area contributed by atoms with Crippen LogP contribution < -0.4 is 11.6 Å². The number of hydrogen-bond acceptors (Lipinski definition) is 6. The first-order chi connectivity index (χ1) is 15.0. The van der Waals surface area contributed by atoms with Crippen LogP contribution in [0.4, 0.5) is 0 Å². The molecule has 2 heterocycles. The molecule has 156 valence electrons. The van der Waals surface area contributed by atoms with E-state index in [1.807, 2.05) is 30.3 Å². The Hall–Kier alpha value is -3.94. The lowest BCUT2D eigenvalue weighted by molar-refractivity contribution is -0.109. The van der Waals surface area contributed by atoms with Crippen LogP contribution >= 0.6 is 11.6 Å². The summed E-state index contributed by atoms with van der Waals surface area (Å²) < 4.78 is 1.67. The molecule has 8 heteroatoms. The van der Waals surface area contributed by atoms with Gasteiger partial charge in [0.1, 0.15) is 0 Å². The van der Waals surface area contributed by atoms with Gasteiger partial charge in [-0.1, -0.05) is 43.0 Å². The van der Waals surface area contributed by atoms with Gasteiger partial charge in [-0.05, 0) is 30.4 Å². The predicted octanol–water partition coefficient (Wildman–Crippen LogP) is 3.80. The van der Waals surface area contributed by atoms with Gasteiger partial charge in [0.25, 0.3) is 0 Å².